The quantitative estimate of drug-likeness (QED) is 0.570. The Hall–Kier alpha value is -0.870. The van der Waals surface area contributed by atoms with Crippen LogP contribution in [0.4, 0.5) is 0 Å². The molecule has 0 heterocycles. The molecule has 1 aliphatic carbocycles. The molecule has 16 heavy (non-hydrogen) atoms. The van der Waals surface area contributed by atoms with Crippen molar-refractivity contribution in [2.24, 2.45) is 5.92 Å². The second-order valence-electron chi connectivity index (χ2n) is 4.71. The molecular formula is C12H20O4. The van der Waals surface area contributed by atoms with Crippen LogP contribution >= 0.6 is 0 Å². The number of hydrogen-bond acceptors (Lipinski definition) is 3. The minimum Gasteiger partial charge on any atom is -0.481 e. The standard InChI is InChI=1S/C12H20O4/c1-4-9-8(7-11(13)14)5-6-10(9)16-12(2,3)15/h4,8,10,15H,5-7H2,1-3H3,(H,13,14)/b9-4+/t8-,10+/m0/s1. The molecule has 92 valence electrons. The van der Waals surface area contributed by atoms with Crippen LogP contribution in [0.25, 0.3) is 0 Å². The van der Waals surface area contributed by atoms with E-state index in [9.17, 15) is 9.90 Å². The summed E-state index contributed by atoms with van der Waals surface area (Å²) in [7, 11) is 0. The summed E-state index contributed by atoms with van der Waals surface area (Å²) in [6.45, 7) is 5.06. The topological polar surface area (TPSA) is 66.8 Å². The van der Waals surface area contributed by atoms with E-state index in [2.05, 4.69) is 0 Å². The summed E-state index contributed by atoms with van der Waals surface area (Å²) < 4.78 is 5.51. The van der Waals surface area contributed by atoms with Gasteiger partial charge in [0.1, 0.15) is 0 Å². The van der Waals surface area contributed by atoms with Gasteiger partial charge in [0, 0.05) is 0 Å². The lowest BCUT2D eigenvalue weighted by atomic mass is 9.98. The van der Waals surface area contributed by atoms with E-state index in [0.717, 1.165) is 18.4 Å². The molecule has 0 bridgehead atoms. The van der Waals surface area contributed by atoms with E-state index in [-0.39, 0.29) is 18.4 Å². The van der Waals surface area contributed by atoms with Gasteiger partial charge in [-0.1, -0.05) is 6.08 Å². The predicted octanol–water partition coefficient (Wildman–Crippen LogP) is 1.93. The fourth-order valence-electron chi connectivity index (χ4n) is 2.28. The molecular weight excluding hydrogens is 208 g/mol. The molecule has 1 fully saturated rings. The van der Waals surface area contributed by atoms with Crippen molar-refractivity contribution < 1.29 is 19.7 Å². The van der Waals surface area contributed by atoms with E-state index in [1.165, 1.54) is 0 Å². The Labute approximate surface area is 95.9 Å². The summed E-state index contributed by atoms with van der Waals surface area (Å²) in [6, 6.07) is 0. The molecule has 0 aromatic heterocycles. The third-order valence-electron chi connectivity index (χ3n) is 2.81. The molecule has 4 heteroatoms. The number of carbonyl (C=O) groups is 1. The average Bonchev–Trinajstić information content (AvgIpc) is 2.43. The van der Waals surface area contributed by atoms with Crippen molar-refractivity contribution in [3.05, 3.63) is 11.6 Å². The Kier molecular flexibility index (Phi) is 4.10. The van der Waals surface area contributed by atoms with Crippen molar-refractivity contribution in [2.45, 2.75) is 51.9 Å². The zero-order chi connectivity index (χ0) is 12.3. The Balaban J connectivity index is 2.67. The van der Waals surface area contributed by atoms with Gasteiger partial charge in [0.25, 0.3) is 0 Å². The zero-order valence-electron chi connectivity index (χ0n) is 10.1. The highest BCUT2D eigenvalue weighted by Crippen LogP contribution is 2.37. The van der Waals surface area contributed by atoms with Crippen LogP contribution in [0, 0.1) is 5.92 Å². The molecule has 0 aliphatic heterocycles. The van der Waals surface area contributed by atoms with E-state index in [0.29, 0.717) is 0 Å². The molecule has 1 saturated carbocycles. The van der Waals surface area contributed by atoms with Gasteiger partial charge in [-0.2, -0.15) is 0 Å². The monoisotopic (exact) mass is 228 g/mol. The number of ether oxygens (including phenoxy) is 1. The van der Waals surface area contributed by atoms with Gasteiger partial charge < -0.3 is 14.9 Å². The molecule has 0 unspecified atom stereocenters. The highest BCUT2D eigenvalue weighted by Gasteiger charge is 2.34. The van der Waals surface area contributed by atoms with Crippen molar-refractivity contribution in [3.63, 3.8) is 0 Å². The molecule has 0 aromatic rings. The maximum atomic E-state index is 10.7. The van der Waals surface area contributed by atoms with Gasteiger partial charge in [-0.05, 0) is 45.1 Å². The lowest BCUT2D eigenvalue weighted by molar-refractivity contribution is -0.195. The highest BCUT2D eigenvalue weighted by molar-refractivity contribution is 5.67. The molecule has 0 saturated heterocycles. The molecule has 0 aromatic carbocycles. The first-order valence-corrected chi connectivity index (χ1v) is 5.61. The van der Waals surface area contributed by atoms with Crippen LogP contribution in [0.1, 0.15) is 40.0 Å². The lowest BCUT2D eigenvalue weighted by Gasteiger charge is -2.25. The van der Waals surface area contributed by atoms with Crippen molar-refractivity contribution >= 4 is 5.97 Å². The number of aliphatic hydroxyl groups is 1. The molecule has 0 radical (unpaired) electrons. The normalized spacial score (nSPS) is 28.6. The minimum atomic E-state index is -1.17. The minimum absolute atomic E-state index is 0.0508. The van der Waals surface area contributed by atoms with Crippen LogP contribution < -0.4 is 0 Å². The van der Waals surface area contributed by atoms with E-state index in [4.69, 9.17) is 9.84 Å². The largest absolute Gasteiger partial charge is 0.481 e. The van der Waals surface area contributed by atoms with Gasteiger partial charge in [0.15, 0.2) is 5.79 Å². The molecule has 4 nitrogen and oxygen atoms in total. The Morgan fingerprint density at radius 2 is 2.19 bits per heavy atom. The molecule has 2 N–H and O–H groups in total. The van der Waals surface area contributed by atoms with Crippen LogP contribution in [0.15, 0.2) is 11.6 Å². The summed E-state index contributed by atoms with van der Waals surface area (Å²) in [5, 5.41) is 18.4. The van der Waals surface area contributed by atoms with Crippen LogP contribution in [-0.2, 0) is 9.53 Å². The van der Waals surface area contributed by atoms with Crippen LogP contribution in [0.5, 0.6) is 0 Å². The summed E-state index contributed by atoms with van der Waals surface area (Å²) in [6.07, 6.45) is 3.51. The fourth-order valence-corrected chi connectivity index (χ4v) is 2.28. The zero-order valence-corrected chi connectivity index (χ0v) is 10.1. The first-order valence-electron chi connectivity index (χ1n) is 5.61. The number of allylic oxidation sites excluding steroid dienone is 1. The third-order valence-corrected chi connectivity index (χ3v) is 2.81. The number of rotatable bonds is 4. The predicted molar refractivity (Wildman–Crippen MR) is 59.9 cm³/mol. The van der Waals surface area contributed by atoms with Gasteiger partial charge in [-0.15, -0.1) is 0 Å². The van der Waals surface area contributed by atoms with Gasteiger partial charge in [-0.3, -0.25) is 4.79 Å². The number of aliphatic carboxylic acids is 1. The maximum Gasteiger partial charge on any atom is 0.303 e. The smallest absolute Gasteiger partial charge is 0.303 e. The van der Waals surface area contributed by atoms with Crippen molar-refractivity contribution in [3.8, 4) is 0 Å². The summed E-state index contributed by atoms with van der Waals surface area (Å²) >= 11 is 0. The van der Waals surface area contributed by atoms with Crippen LogP contribution in [0.3, 0.4) is 0 Å². The first-order chi connectivity index (χ1) is 7.33. The van der Waals surface area contributed by atoms with E-state index in [1.54, 1.807) is 13.8 Å². The van der Waals surface area contributed by atoms with Gasteiger partial charge in [0.05, 0.1) is 12.5 Å². The average molecular weight is 228 g/mol. The highest BCUT2D eigenvalue weighted by atomic mass is 16.6. The SMILES string of the molecule is C/C=C1\[C@H](CC(=O)O)CC[C@H]1OC(C)(C)O. The number of carboxylic acid groups (broad SMARTS) is 1. The summed E-state index contributed by atoms with van der Waals surface area (Å²) in [4.78, 5) is 10.7. The van der Waals surface area contributed by atoms with E-state index < -0.39 is 11.8 Å². The Morgan fingerprint density at radius 3 is 2.62 bits per heavy atom. The van der Waals surface area contributed by atoms with Crippen molar-refractivity contribution in [2.75, 3.05) is 0 Å². The molecule has 2 atom stereocenters. The van der Waals surface area contributed by atoms with Crippen LogP contribution in [0.2, 0.25) is 0 Å². The second-order valence-corrected chi connectivity index (χ2v) is 4.71. The summed E-state index contributed by atoms with van der Waals surface area (Å²) in [5.41, 5.74) is 1.00. The van der Waals surface area contributed by atoms with E-state index in [1.807, 2.05) is 13.0 Å². The summed E-state index contributed by atoms with van der Waals surface area (Å²) in [5.74, 6) is -1.90. The number of hydrogen-bond donors (Lipinski definition) is 2. The van der Waals surface area contributed by atoms with Gasteiger partial charge in [0.2, 0.25) is 0 Å². The van der Waals surface area contributed by atoms with Crippen molar-refractivity contribution in [1.82, 2.24) is 0 Å². The molecule has 1 aliphatic rings. The molecule has 1 rings (SSSR count). The molecule has 0 amide bonds. The third kappa shape index (κ3) is 3.61. The lowest BCUT2D eigenvalue weighted by Crippen LogP contribution is -2.30. The van der Waals surface area contributed by atoms with E-state index >= 15 is 0 Å². The van der Waals surface area contributed by atoms with Crippen molar-refractivity contribution in [1.29, 1.82) is 0 Å². The van der Waals surface area contributed by atoms with Crippen LogP contribution in [-0.4, -0.2) is 28.1 Å². The fraction of sp³-hybridized carbons (Fsp3) is 0.750. The second kappa shape index (κ2) is 4.97. The van der Waals surface area contributed by atoms with Gasteiger partial charge in [-0.25, -0.2) is 0 Å². The molecule has 0 spiro atoms. The number of carboxylic acids is 1. The van der Waals surface area contributed by atoms with Gasteiger partial charge >= 0.3 is 5.97 Å². The maximum absolute atomic E-state index is 10.7. The Morgan fingerprint density at radius 1 is 1.56 bits per heavy atom. The first kappa shape index (κ1) is 13.2. The Bertz CT molecular complexity index is 288.